The maximum atomic E-state index is 15.1. The standard InChI is InChI=1S/C27H20Cl2FNO5/c28-17-5-3-4-15(10-17)14-31-22-9-8-18(29)13-20(22)25(19-6-1-2-7-21(19)30)26(31)23(32)11-16(27(35)36)12-24(33)34/h1-10,13,16H,11-12,14H2,(H,33,34)(H,35,36)/t16-/m0/s1. The summed E-state index contributed by atoms with van der Waals surface area (Å²) in [5, 5.41) is 20.1. The molecule has 0 unspecified atom stereocenters. The Kier molecular flexibility index (Phi) is 7.43. The summed E-state index contributed by atoms with van der Waals surface area (Å²) in [6, 6.07) is 17.9. The molecule has 0 saturated heterocycles. The van der Waals surface area contributed by atoms with Gasteiger partial charge in [-0.3, -0.25) is 14.4 Å². The van der Waals surface area contributed by atoms with Crippen LogP contribution in [0.1, 0.15) is 28.9 Å². The molecule has 3 aromatic carbocycles. The highest BCUT2D eigenvalue weighted by Crippen LogP contribution is 2.39. The topological polar surface area (TPSA) is 96.6 Å². The third-order valence-electron chi connectivity index (χ3n) is 5.86. The van der Waals surface area contributed by atoms with E-state index in [4.69, 9.17) is 28.3 Å². The number of benzene rings is 3. The minimum Gasteiger partial charge on any atom is -0.481 e. The monoisotopic (exact) mass is 527 g/mol. The van der Waals surface area contributed by atoms with E-state index in [1.54, 1.807) is 47.0 Å². The predicted octanol–water partition coefficient (Wildman–Crippen LogP) is 6.55. The van der Waals surface area contributed by atoms with E-state index in [0.717, 1.165) is 5.56 Å². The number of rotatable bonds is 9. The molecular formula is C27H20Cl2FNO5. The summed E-state index contributed by atoms with van der Waals surface area (Å²) < 4.78 is 16.7. The Morgan fingerprint density at radius 2 is 1.61 bits per heavy atom. The van der Waals surface area contributed by atoms with Gasteiger partial charge in [0.05, 0.1) is 18.0 Å². The maximum absolute atomic E-state index is 15.1. The number of aliphatic carboxylic acids is 2. The number of aromatic nitrogens is 1. The molecule has 0 aliphatic carbocycles. The van der Waals surface area contributed by atoms with E-state index in [0.29, 0.717) is 20.9 Å². The third-order valence-corrected chi connectivity index (χ3v) is 6.33. The van der Waals surface area contributed by atoms with Crippen LogP contribution in [0.15, 0.2) is 66.7 Å². The second-order valence-electron chi connectivity index (χ2n) is 8.34. The largest absolute Gasteiger partial charge is 0.481 e. The molecule has 2 N–H and O–H groups in total. The second kappa shape index (κ2) is 10.5. The van der Waals surface area contributed by atoms with E-state index < -0.39 is 42.3 Å². The Hall–Kier alpha value is -3.68. The molecule has 4 aromatic rings. The van der Waals surface area contributed by atoms with Gasteiger partial charge >= 0.3 is 11.9 Å². The van der Waals surface area contributed by atoms with Gasteiger partial charge in [0.2, 0.25) is 0 Å². The summed E-state index contributed by atoms with van der Waals surface area (Å²) >= 11 is 12.4. The summed E-state index contributed by atoms with van der Waals surface area (Å²) in [6.45, 7) is 0.172. The van der Waals surface area contributed by atoms with E-state index >= 15 is 4.39 Å². The molecule has 0 radical (unpaired) electrons. The van der Waals surface area contributed by atoms with E-state index in [1.807, 2.05) is 6.07 Å². The van der Waals surface area contributed by atoms with Gasteiger partial charge in [0.1, 0.15) is 5.82 Å². The SMILES string of the molecule is O=C(O)C[C@H](CC(=O)c1c(-c2ccccc2F)c2cc(Cl)ccc2n1Cc1cccc(Cl)c1)C(=O)O. The molecule has 0 aliphatic rings. The lowest BCUT2D eigenvalue weighted by molar-refractivity contribution is -0.148. The average Bonchev–Trinajstić information content (AvgIpc) is 3.11. The number of halogens is 3. The van der Waals surface area contributed by atoms with Crippen LogP contribution in [-0.4, -0.2) is 32.5 Å². The maximum Gasteiger partial charge on any atom is 0.307 e. The lowest BCUT2D eigenvalue weighted by Gasteiger charge is -2.15. The first-order valence-corrected chi connectivity index (χ1v) is 11.7. The lowest BCUT2D eigenvalue weighted by atomic mass is 9.93. The van der Waals surface area contributed by atoms with Gasteiger partial charge in [-0.05, 0) is 42.0 Å². The van der Waals surface area contributed by atoms with Crippen molar-refractivity contribution in [2.24, 2.45) is 5.92 Å². The van der Waals surface area contributed by atoms with Crippen LogP contribution in [-0.2, 0) is 16.1 Å². The highest BCUT2D eigenvalue weighted by molar-refractivity contribution is 6.31. The van der Waals surface area contributed by atoms with Crippen molar-refractivity contribution in [3.05, 3.63) is 93.8 Å². The van der Waals surface area contributed by atoms with Crippen molar-refractivity contribution in [1.29, 1.82) is 0 Å². The van der Waals surface area contributed by atoms with Crippen LogP contribution in [0.25, 0.3) is 22.0 Å². The van der Waals surface area contributed by atoms with Gasteiger partial charge in [-0.15, -0.1) is 0 Å². The first-order chi connectivity index (χ1) is 17.2. The molecule has 1 atom stereocenters. The number of hydrogen-bond acceptors (Lipinski definition) is 3. The van der Waals surface area contributed by atoms with Crippen LogP contribution >= 0.6 is 23.2 Å². The van der Waals surface area contributed by atoms with Crippen molar-refractivity contribution in [2.75, 3.05) is 0 Å². The normalized spacial score (nSPS) is 12.0. The Labute approximate surface area is 215 Å². The van der Waals surface area contributed by atoms with Crippen LogP contribution < -0.4 is 0 Å². The number of fused-ring (bicyclic) bond motifs is 1. The summed E-state index contributed by atoms with van der Waals surface area (Å²) in [4.78, 5) is 36.7. The number of carboxylic acid groups (broad SMARTS) is 2. The summed E-state index contributed by atoms with van der Waals surface area (Å²) in [5.74, 6) is -5.40. The van der Waals surface area contributed by atoms with Crippen molar-refractivity contribution < 1.29 is 29.0 Å². The second-order valence-corrected chi connectivity index (χ2v) is 9.21. The smallest absolute Gasteiger partial charge is 0.307 e. The Bertz CT molecular complexity index is 1500. The average molecular weight is 528 g/mol. The van der Waals surface area contributed by atoms with Crippen molar-refractivity contribution in [1.82, 2.24) is 4.57 Å². The van der Waals surface area contributed by atoms with E-state index in [-0.39, 0.29) is 23.4 Å². The Morgan fingerprint density at radius 1 is 0.889 bits per heavy atom. The molecule has 1 heterocycles. The molecule has 0 spiro atoms. The zero-order valence-corrected chi connectivity index (χ0v) is 20.3. The fourth-order valence-corrected chi connectivity index (χ4v) is 4.70. The third kappa shape index (κ3) is 5.27. The van der Waals surface area contributed by atoms with Crippen molar-refractivity contribution in [3.8, 4) is 11.1 Å². The van der Waals surface area contributed by atoms with Crippen molar-refractivity contribution in [3.63, 3.8) is 0 Å². The highest BCUT2D eigenvalue weighted by Gasteiger charge is 2.30. The molecule has 0 bridgehead atoms. The van der Waals surface area contributed by atoms with Gasteiger partial charge in [0, 0.05) is 45.0 Å². The number of hydrogen-bond donors (Lipinski definition) is 2. The molecular weight excluding hydrogens is 508 g/mol. The predicted molar refractivity (Wildman–Crippen MR) is 135 cm³/mol. The molecule has 6 nitrogen and oxygen atoms in total. The van der Waals surface area contributed by atoms with Crippen LogP contribution in [0.2, 0.25) is 10.0 Å². The minimum absolute atomic E-state index is 0.0639. The fraction of sp³-hybridized carbons (Fsp3) is 0.148. The first kappa shape index (κ1) is 25.4. The number of carbonyl (C=O) groups excluding carboxylic acids is 1. The zero-order valence-electron chi connectivity index (χ0n) is 18.7. The quantitative estimate of drug-likeness (QED) is 0.240. The zero-order chi connectivity index (χ0) is 26.0. The number of ketones is 1. The number of Topliss-reactive ketones (excluding diaryl/α,β-unsaturated/α-hetero) is 1. The first-order valence-electron chi connectivity index (χ1n) is 10.9. The molecule has 0 fully saturated rings. The fourth-order valence-electron chi connectivity index (χ4n) is 4.31. The van der Waals surface area contributed by atoms with Gasteiger partial charge < -0.3 is 14.8 Å². The van der Waals surface area contributed by atoms with Crippen LogP contribution in [0.4, 0.5) is 4.39 Å². The van der Waals surface area contributed by atoms with E-state index in [9.17, 15) is 19.5 Å². The highest BCUT2D eigenvalue weighted by atomic mass is 35.5. The number of carbonyl (C=O) groups is 3. The minimum atomic E-state index is -1.45. The van der Waals surface area contributed by atoms with Gasteiger partial charge in [0.25, 0.3) is 0 Å². The van der Waals surface area contributed by atoms with Gasteiger partial charge in [0.15, 0.2) is 5.78 Å². The van der Waals surface area contributed by atoms with Gasteiger partial charge in [-0.2, -0.15) is 0 Å². The van der Waals surface area contributed by atoms with Crippen molar-refractivity contribution in [2.45, 2.75) is 19.4 Å². The summed E-state index contributed by atoms with van der Waals surface area (Å²) in [7, 11) is 0. The molecule has 184 valence electrons. The van der Waals surface area contributed by atoms with Gasteiger partial charge in [-0.25, -0.2) is 4.39 Å². The molecule has 0 aliphatic heterocycles. The number of carboxylic acids is 2. The van der Waals surface area contributed by atoms with Crippen molar-refractivity contribution >= 4 is 51.8 Å². The molecule has 36 heavy (non-hydrogen) atoms. The molecule has 4 rings (SSSR count). The Balaban J connectivity index is 1.99. The molecule has 0 saturated carbocycles. The summed E-state index contributed by atoms with van der Waals surface area (Å²) in [6.07, 6.45) is -1.31. The molecule has 9 heteroatoms. The lowest BCUT2D eigenvalue weighted by Crippen LogP contribution is -2.23. The molecule has 1 aromatic heterocycles. The van der Waals surface area contributed by atoms with E-state index in [1.165, 1.54) is 18.2 Å². The van der Waals surface area contributed by atoms with Crippen LogP contribution in [0.5, 0.6) is 0 Å². The summed E-state index contributed by atoms with van der Waals surface area (Å²) in [5.41, 5.74) is 1.80. The van der Waals surface area contributed by atoms with E-state index in [2.05, 4.69) is 0 Å². The van der Waals surface area contributed by atoms with Crippen LogP contribution in [0.3, 0.4) is 0 Å². The van der Waals surface area contributed by atoms with Gasteiger partial charge in [-0.1, -0.05) is 53.5 Å². The van der Waals surface area contributed by atoms with Crippen LogP contribution in [0, 0.1) is 11.7 Å². The Morgan fingerprint density at radius 3 is 2.28 bits per heavy atom. The number of nitrogens with zero attached hydrogens (tertiary/aromatic N) is 1. The molecule has 0 amide bonds.